The zero-order valence-electron chi connectivity index (χ0n) is 20.9. The molecule has 2 atom stereocenters. The van der Waals surface area contributed by atoms with E-state index in [0.717, 1.165) is 24.8 Å². The van der Waals surface area contributed by atoms with Gasteiger partial charge >= 0.3 is 0 Å². The van der Waals surface area contributed by atoms with Crippen LogP contribution in [0.1, 0.15) is 65.5 Å². The summed E-state index contributed by atoms with van der Waals surface area (Å²) in [6, 6.07) is 10.5. The van der Waals surface area contributed by atoms with E-state index in [1.54, 1.807) is 38.3 Å². The van der Waals surface area contributed by atoms with Crippen LogP contribution < -0.4 is 19.5 Å². The van der Waals surface area contributed by atoms with Gasteiger partial charge in [-0.1, -0.05) is 23.8 Å². The van der Waals surface area contributed by atoms with E-state index in [4.69, 9.17) is 14.2 Å². The third-order valence-corrected chi connectivity index (χ3v) is 7.04. The Bertz CT molecular complexity index is 1110. The fraction of sp³-hybridized carbons (Fsp3) is 0.429. The van der Waals surface area contributed by atoms with Crippen molar-refractivity contribution in [3.63, 3.8) is 0 Å². The van der Waals surface area contributed by atoms with E-state index >= 15 is 0 Å². The second-order valence-corrected chi connectivity index (χ2v) is 9.06. The second kappa shape index (κ2) is 10.8. The molecule has 1 heterocycles. The molecule has 1 aliphatic carbocycles. The Morgan fingerprint density at radius 3 is 2.37 bits per heavy atom. The largest absolute Gasteiger partial charge is 0.497 e. The maximum atomic E-state index is 13.8. The highest BCUT2D eigenvalue weighted by atomic mass is 16.5. The van der Waals surface area contributed by atoms with Crippen molar-refractivity contribution in [1.29, 1.82) is 0 Å². The van der Waals surface area contributed by atoms with E-state index in [1.165, 1.54) is 25.5 Å². The van der Waals surface area contributed by atoms with Gasteiger partial charge in [-0.15, -0.1) is 0 Å². The SMILES string of the molecule is COc1ccc([C@@H]2[C@@H](C(=O)NCCC3=CCCCC3)c3cc(OC)c(OC)cc3C(=O)N2C)cc1. The molecule has 0 saturated heterocycles. The minimum Gasteiger partial charge on any atom is -0.497 e. The lowest BCUT2D eigenvalue weighted by Crippen LogP contribution is -2.45. The number of benzene rings is 2. The van der Waals surface area contributed by atoms with Crippen LogP contribution in [0.5, 0.6) is 17.2 Å². The first kappa shape index (κ1) is 24.6. The molecule has 4 rings (SSSR count). The Kier molecular flexibility index (Phi) is 7.63. The van der Waals surface area contributed by atoms with Gasteiger partial charge in [0.1, 0.15) is 5.75 Å². The summed E-state index contributed by atoms with van der Waals surface area (Å²) >= 11 is 0. The normalized spacial score (nSPS) is 19.5. The Morgan fingerprint density at radius 2 is 1.74 bits per heavy atom. The van der Waals surface area contributed by atoms with Gasteiger partial charge in [-0.3, -0.25) is 9.59 Å². The Balaban J connectivity index is 1.72. The number of rotatable bonds is 8. The number of hydrogen-bond donors (Lipinski definition) is 1. The van der Waals surface area contributed by atoms with Crippen LogP contribution in [0.3, 0.4) is 0 Å². The molecular formula is C28H34N2O5. The van der Waals surface area contributed by atoms with Gasteiger partial charge in [0.05, 0.1) is 33.3 Å². The standard InChI is InChI=1S/C28H34N2O5/c1-30-26(19-10-12-20(33-2)13-11-19)25(27(31)29-15-14-18-8-6-5-7-9-18)21-16-23(34-3)24(35-4)17-22(21)28(30)32/h8,10-13,16-17,25-26H,5-7,9,14-15H2,1-4H3,(H,29,31)/t25-,26+/m0/s1. The Hall–Kier alpha value is -3.48. The highest BCUT2D eigenvalue weighted by Crippen LogP contribution is 2.45. The van der Waals surface area contributed by atoms with E-state index in [2.05, 4.69) is 11.4 Å². The maximum absolute atomic E-state index is 13.8. The zero-order chi connectivity index (χ0) is 24.9. The molecule has 7 nitrogen and oxygen atoms in total. The third-order valence-electron chi connectivity index (χ3n) is 7.04. The summed E-state index contributed by atoms with van der Waals surface area (Å²) in [5.74, 6) is 0.767. The summed E-state index contributed by atoms with van der Waals surface area (Å²) in [4.78, 5) is 28.8. The number of fused-ring (bicyclic) bond motifs is 1. The molecule has 2 aliphatic rings. The monoisotopic (exact) mass is 478 g/mol. The van der Waals surface area contributed by atoms with Gasteiger partial charge in [0, 0.05) is 19.2 Å². The molecule has 0 radical (unpaired) electrons. The second-order valence-electron chi connectivity index (χ2n) is 9.06. The van der Waals surface area contributed by atoms with Crippen LogP contribution in [0.25, 0.3) is 0 Å². The molecule has 0 aromatic heterocycles. The fourth-order valence-corrected chi connectivity index (χ4v) is 5.14. The lowest BCUT2D eigenvalue weighted by molar-refractivity contribution is -0.124. The van der Waals surface area contributed by atoms with Gasteiger partial charge in [0.15, 0.2) is 11.5 Å². The molecule has 2 amide bonds. The van der Waals surface area contributed by atoms with Crippen molar-refractivity contribution in [3.05, 3.63) is 64.7 Å². The number of hydrogen-bond acceptors (Lipinski definition) is 5. The lowest BCUT2D eigenvalue weighted by atomic mass is 9.79. The molecule has 1 aliphatic heterocycles. The summed E-state index contributed by atoms with van der Waals surface area (Å²) in [6.07, 6.45) is 7.82. The zero-order valence-corrected chi connectivity index (χ0v) is 20.9. The Labute approximate surface area is 207 Å². The first-order chi connectivity index (χ1) is 17.0. The van der Waals surface area contributed by atoms with Crippen LogP contribution in [0, 0.1) is 0 Å². The summed E-state index contributed by atoms with van der Waals surface area (Å²) in [7, 11) is 6.43. The molecule has 0 bridgehead atoms. The average Bonchev–Trinajstić information content (AvgIpc) is 2.90. The van der Waals surface area contributed by atoms with Crippen LogP contribution in [0.4, 0.5) is 0 Å². The lowest BCUT2D eigenvalue weighted by Gasteiger charge is -2.40. The number of carbonyl (C=O) groups is 2. The average molecular weight is 479 g/mol. The minimum absolute atomic E-state index is 0.116. The summed E-state index contributed by atoms with van der Waals surface area (Å²) in [5, 5.41) is 3.15. The number of likely N-dealkylation sites (N-methyl/N-ethyl adjacent to an activating group) is 1. The van der Waals surface area contributed by atoms with Gasteiger partial charge in [0.2, 0.25) is 5.91 Å². The summed E-state index contributed by atoms with van der Waals surface area (Å²) in [6.45, 7) is 0.566. The number of nitrogens with one attached hydrogen (secondary N) is 1. The van der Waals surface area contributed by atoms with Crippen LogP contribution in [-0.2, 0) is 4.79 Å². The van der Waals surface area contributed by atoms with Gasteiger partial charge in [-0.05, 0) is 67.5 Å². The van der Waals surface area contributed by atoms with Crippen molar-refractivity contribution in [2.75, 3.05) is 34.9 Å². The van der Waals surface area contributed by atoms with Crippen molar-refractivity contribution in [2.45, 2.75) is 44.1 Å². The number of nitrogens with zero attached hydrogens (tertiary/aromatic N) is 1. The highest BCUT2D eigenvalue weighted by molar-refractivity contribution is 6.02. The van der Waals surface area contributed by atoms with Crippen molar-refractivity contribution in [2.24, 2.45) is 0 Å². The van der Waals surface area contributed by atoms with Crippen molar-refractivity contribution in [1.82, 2.24) is 10.2 Å². The molecule has 2 aromatic rings. The predicted octanol–water partition coefficient (Wildman–Crippen LogP) is 4.63. The van der Waals surface area contributed by atoms with Crippen LogP contribution in [-0.4, -0.2) is 51.6 Å². The topological polar surface area (TPSA) is 77.1 Å². The molecule has 0 fully saturated rings. The molecule has 7 heteroatoms. The molecule has 0 saturated carbocycles. The molecule has 35 heavy (non-hydrogen) atoms. The van der Waals surface area contributed by atoms with Gasteiger partial charge in [-0.2, -0.15) is 0 Å². The quantitative estimate of drug-likeness (QED) is 0.560. The minimum atomic E-state index is -0.610. The molecule has 1 N–H and O–H groups in total. The fourth-order valence-electron chi connectivity index (χ4n) is 5.14. The number of amides is 2. The van der Waals surface area contributed by atoms with Crippen molar-refractivity contribution >= 4 is 11.8 Å². The number of ether oxygens (including phenoxy) is 3. The van der Waals surface area contributed by atoms with E-state index in [9.17, 15) is 9.59 Å². The summed E-state index contributed by atoms with van der Waals surface area (Å²) in [5.41, 5.74) is 3.36. The first-order valence-electron chi connectivity index (χ1n) is 12.1. The maximum Gasteiger partial charge on any atom is 0.254 e. The Morgan fingerprint density at radius 1 is 1.03 bits per heavy atom. The smallest absolute Gasteiger partial charge is 0.254 e. The van der Waals surface area contributed by atoms with Gasteiger partial charge in [-0.25, -0.2) is 0 Å². The van der Waals surface area contributed by atoms with Crippen molar-refractivity contribution < 1.29 is 23.8 Å². The van der Waals surface area contributed by atoms with Gasteiger partial charge in [0.25, 0.3) is 5.91 Å². The molecule has 186 valence electrons. The van der Waals surface area contributed by atoms with E-state index < -0.39 is 12.0 Å². The number of methoxy groups -OCH3 is 3. The van der Waals surface area contributed by atoms with E-state index in [1.807, 2.05) is 24.3 Å². The molecule has 0 spiro atoms. The predicted molar refractivity (Wildman–Crippen MR) is 134 cm³/mol. The van der Waals surface area contributed by atoms with Crippen LogP contribution >= 0.6 is 0 Å². The van der Waals surface area contributed by atoms with Crippen LogP contribution in [0.15, 0.2) is 48.0 Å². The highest BCUT2D eigenvalue weighted by Gasteiger charge is 2.43. The first-order valence-corrected chi connectivity index (χ1v) is 12.1. The number of carbonyl (C=O) groups excluding carboxylic acids is 2. The van der Waals surface area contributed by atoms with Crippen LogP contribution in [0.2, 0.25) is 0 Å². The number of allylic oxidation sites excluding steroid dienone is 1. The summed E-state index contributed by atoms with van der Waals surface area (Å²) < 4.78 is 16.3. The third kappa shape index (κ3) is 4.99. The van der Waals surface area contributed by atoms with E-state index in [0.29, 0.717) is 34.9 Å². The molecular weight excluding hydrogens is 444 g/mol. The molecule has 0 unspecified atom stereocenters. The van der Waals surface area contributed by atoms with E-state index in [-0.39, 0.29) is 11.8 Å². The van der Waals surface area contributed by atoms with Crippen molar-refractivity contribution in [3.8, 4) is 17.2 Å². The molecule has 2 aromatic carbocycles. The van der Waals surface area contributed by atoms with Gasteiger partial charge < -0.3 is 24.4 Å².